The molecule has 8 rings (SSSR count). The van der Waals surface area contributed by atoms with E-state index in [1.165, 1.54) is 53.3 Å². The first kappa shape index (κ1) is 50.0. The molecule has 2 saturated heterocycles. The Balaban J connectivity index is 0.000000191. The van der Waals surface area contributed by atoms with Crippen LogP contribution in [0.5, 0.6) is 0 Å². The van der Waals surface area contributed by atoms with Crippen LogP contribution in [0.1, 0.15) is 51.3 Å². The van der Waals surface area contributed by atoms with Crippen molar-refractivity contribution in [2.24, 2.45) is 0 Å². The summed E-state index contributed by atoms with van der Waals surface area (Å²) in [5.74, 6) is 2.30. The summed E-state index contributed by atoms with van der Waals surface area (Å²) >= 11 is 7.56. The molecule has 2 heterocycles. The van der Waals surface area contributed by atoms with Gasteiger partial charge in [0, 0.05) is 65.7 Å². The minimum absolute atomic E-state index is 0. The van der Waals surface area contributed by atoms with Gasteiger partial charge in [-0.2, -0.15) is 49.9 Å². The Morgan fingerprint density at radius 1 is 0.540 bits per heavy atom. The van der Waals surface area contributed by atoms with Gasteiger partial charge in [0.2, 0.25) is 0 Å². The molecule has 2 unspecified atom stereocenters. The zero-order chi connectivity index (χ0) is 44.1. The first-order chi connectivity index (χ1) is 29.7. The molecule has 2 aliphatic heterocycles. The predicted octanol–water partition coefficient (Wildman–Crippen LogP) is 12.4. The van der Waals surface area contributed by atoms with Crippen LogP contribution in [0.25, 0.3) is 11.1 Å². The Morgan fingerprint density at radius 3 is 1.40 bits per heavy atom. The van der Waals surface area contributed by atoms with Crippen LogP contribution < -0.4 is 5.46 Å². The van der Waals surface area contributed by atoms with Crippen LogP contribution in [-0.2, 0) is 25.4 Å². The van der Waals surface area contributed by atoms with Crippen molar-refractivity contribution in [1.82, 2.24) is 9.80 Å². The highest BCUT2D eigenvalue weighted by Crippen LogP contribution is 2.38. The molecule has 6 aromatic carbocycles. The number of alkyl halides is 6. The molecule has 332 valence electrons. The lowest BCUT2D eigenvalue weighted by atomic mass is 9.77. The number of hydrogen-bond donors (Lipinski definition) is 2. The fourth-order valence-corrected chi connectivity index (χ4v) is 10.2. The molecule has 2 aliphatic rings. The lowest BCUT2D eigenvalue weighted by molar-refractivity contribution is -0.137. The van der Waals surface area contributed by atoms with Crippen LogP contribution in [-0.4, -0.2) is 64.7 Å². The highest BCUT2D eigenvalue weighted by molar-refractivity contribution is 9.10. The van der Waals surface area contributed by atoms with E-state index in [0.717, 1.165) is 66.7 Å². The Kier molecular flexibility index (Phi) is 18.9. The van der Waals surface area contributed by atoms with Crippen LogP contribution >= 0.6 is 39.5 Å². The van der Waals surface area contributed by atoms with Crippen LogP contribution in [0, 0.1) is 0 Å². The molecule has 2 N–H and O–H groups in total. The number of hydrogen-bond acceptors (Lipinski definition) is 6. The first-order valence-electron chi connectivity index (χ1n) is 20.0. The molecule has 0 bridgehead atoms. The normalized spacial score (nSPS) is 17.0. The van der Waals surface area contributed by atoms with Crippen LogP contribution in [0.15, 0.2) is 162 Å². The monoisotopic (exact) mass is 966 g/mol. The SMILES string of the molecule is Brc1ccc(CN2CCSC(c3ccccc3)C2)cc1.C.FC(F)(F)c1ccccc1-c1ccc(CN2CCSC(c3ccccc3)C2)cc1.OB(O)c1ccccc1C(F)(F)F. The summed E-state index contributed by atoms with van der Waals surface area (Å²) in [6.45, 7) is 6.19. The molecule has 0 radical (unpaired) electrons. The van der Waals surface area contributed by atoms with Crippen molar-refractivity contribution < 1.29 is 36.4 Å². The molecular weight excluding hydrogens is 917 g/mol. The average Bonchev–Trinajstić information content (AvgIpc) is 3.28. The molecule has 14 heteroatoms. The smallest absolute Gasteiger partial charge is 0.423 e. The summed E-state index contributed by atoms with van der Waals surface area (Å²) in [6, 6.07) is 47.6. The summed E-state index contributed by atoms with van der Waals surface area (Å²) in [7, 11) is -2.10. The second kappa shape index (κ2) is 23.8. The van der Waals surface area contributed by atoms with Crippen molar-refractivity contribution >= 4 is 52.0 Å². The molecule has 0 saturated carbocycles. The van der Waals surface area contributed by atoms with Crippen molar-refractivity contribution in [3.8, 4) is 11.1 Å². The van der Waals surface area contributed by atoms with Crippen LogP contribution in [0.4, 0.5) is 26.3 Å². The van der Waals surface area contributed by atoms with E-state index >= 15 is 0 Å². The summed E-state index contributed by atoms with van der Waals surface area (Å²) in [5.41, 5.74) is 4.00. The lowest BCUT2D eigenvalue weighted by Gasteiger charge is -2.32. The van der Waals surface area contributed by atoms with Gasteiger partial charge in [0.15, 0.2) is 0 Å². The Labute approximate surface area is 384 Å². The second-order valence-electron chi connectivity index (χ2n) is 14.8. The molecule has 0 aromatic heterocycles. The number of thioether (sulfide) groups is 2. The number of halogens is 7. The van der Waals surface area contributed by atoms with Gasteiger partial charge >= 0.3 is 19.5 Å². The van der Waals surface area contributed by atoms with E-state index < -0.39 is 36.1 Å². The quantitative estimate of drug-likeness (QED) is 0.117. The van der Waals surface area contributed by atoms with Gasteiger partial charge in [-0.15, -0.1) is 0 Å². The topological polar surface area (TPSA) is 46.9 Å². The maximum absolute atomic E-state index is 13.3. The summed E-state index contributed by atoms with van der Waals surface area (Å²) < 4.78 is 77.6. The van der Waals surface area contributed by atoms with E-state index in [4.69, 9.17) is 10.0 Å². The number of rotatable bonds is 8. The molecule has 63 heavy (non-hydrogen) atoms. The Bertz CT molecular complexity index is 2270. The zero-order valence-electron chi connectivity index (χ0n) is 33.7. The fraction of sp³-hybridized carbons (Fsp3) is 0.265. The van der Waals surface area contributed by atoms with E-state index in [0.29, 0.717) is 16.1 Å². The van der Waals surface area contributed by atoms with E-state index in [1.807, 2.05) is 30.0 Å². The maximum Gasteiger partial charge on any atom is 0.489 e. The van der Waals surface area contributed by atoms with E-state index in [9.17, 15) is 26.3 Å². The van der Waals surface area contributed by atoms with Gasteiger partial charge in [-0.25, -0.2) is 0 Å². The van der Waals surface area contributed by atoms with Crippen LogP contribution in [0.2, 0.25) is 0 Å². The molecule has 0 spiro atoms. The lowest BCUT2D eigenvalue weighted by Crippen LogP contribution is -2.35. The van der Waals surface area contributed by atoms with E-state index in [1.54, 1.807) is 18.2 Å². The molecule has 4 nitrogen and oxygen atoms in total. The van der Waals surface area contributed by atoms with Crippen molar-refractivity contribution in [2.75, 3.05) is 37.7 Å². The molecule has 2 fully saturated rings. The van der Waals surface area contributed by atoms with Crippen molar-refractivity contribution in [3.63, 3.8) is 0 Å². The Hall–Kier alpha value is -4.02. The van der Waals surface area contributed by atoms with Gasteiger partial charge in [0.1, 0.15) is 0 Å². The molecule has 6 aromatic rings. The van der Waals surface area contributed by atoms with E-state index in [-0.39, 0.29) is 13.0 Å². The maximum atomic E-state index is 13.3. The van der Waals surface area contributed by atoms with Gasteiger partial charge in [0.05, 0.1) is 11.1 Å². The predicted molar refractivity (Wildman–Crippen MR) is 253 cm³/mol. The third kappa shape index (κ3) is 15.0. The fourth-order valence-electron chi connectivity index (χ4n) is 7.29. The molecular formula is C49H50BBrF6N2O2S2. The average molecular weight is 968 g/mol. The summed E-state index contributed by atoms with van der Waals surface area (Å²) in [6.07, 6.45) is -8.91. The van der Waals surface area contributed by atoms with Gasteiger partial charge in [0.25, 0.3) is 0 Å². The first-order valence-corrected chi connectivity index (χ1v) is 22.9. The number of nitrogens with zero attached hydrogens (tertiary/aromatic N) is 2. The standard InChI is InChI=1S/C24H22F3NS.C17H18BrNS.C7H6BF3O2.CH4/c25-24(26,27)22-9-5-4-8-21(22)19-12-10-18(11-13-19)16-28-14-15-29-23(17-28)20-6-2-1-3-7-20;18-16-8-6-14(7-9-16)12-19-10-11-20-17(13-19)15-4-2-1-3-5-15;9-7(10,11)5-3-1-2-4-6(5)8(12)13;/h1-13,23H,14-17H2;1-9,17H,10-13H2;1-4,12-13H;1H4. The van der Waals surface area contributed by atoms with E-state index in [2.05, 4.69) is 116 Å². The van der Waals surface area contributed by atoms with Crippen LogP contribution in [0.3, 0.4) is 0 Å². The van der Waals surface area contributed by atoms with Crippen molar-refractivity contribution in [2.45, 2.75) is 43.4 Å². The molecule has 0 amide bonds. The van der Waals surface area contributed by atoms with Gasteiger partial charge < -0.3 is 10.0 Å². The largest absolute Gasteiger partial charge is 0.489 e. The van der Waals surface area contributed by atoms with Crippen molar-refractivity contribution in [1.29, 1.82) is 0 Å². The van der Waals surface area contributed by atoms with Crippen molar-refractivity contribution in [3.05, 3.63) is 196 Å². The minimum Gasteiger partial charge on any atom is -0.423 e. The zero-order valence-corrected chi connectivity index (χ0v) is 36.9. The Morgan fingerprint density at radius 2 is 0.952 bits per heavy atom. The summed E-state index contributed by atoms with van der Waals surface area (Å²) in [4.78, 5) is 4.99. The van der Waals surface area contributed by atoms with Gasteiger partial charge in [-0.05, 0) is 57.0 Å². The highest BCUT2D eigenvalue weighted by atomic mass is 79.9. The summed E-state index contributed by atoms with van der Waals surface area (Å²) in [5, 5.41) is 18.3. The third-order valence-corrected chi connectivity index (χ3v) is 13.4. The third-order valence-electron chi connectivity index (χ3n) is 10.4. The highest BCUT2D eigenvalue weighted by Gasteiger charge is 2.36. The van der Waals surface area contributed by atoms with Gasteiger partial charge in [-0.1, -0.05) is 163 Å². The minimum atomic E-state index is -4.56. The van der Waals surface area contributed by atoms with Gasteiger partial charge in [-0.3, -0.25) is 9.80 Å². The number of benzene rings is 6. The molecule has 2 atom stereocenters. The molecule has 0 aliphatic carbocycles. The second-order valence-corrected chi connectivity index (χ2v) is 18.4.